The first-order valence-corrected chi connectivity index (χ1v) is 5.35. The Morgan fingerprint density at radius 1 is 0.667 bits per heavy atom. The van der Waals surface area contributed by atoms with Crippen LogP contribution in [0.1, 0.15) is 0 Å². The second-order valence-corrected chi connectivity index (χ2v) is 4.37. The van der Waals surface area contributed by atoms with E-state index in [0.29, 0.717) is 0 Å². The molecule has 0 atom stereocenters. The number of hydrogen-bond acceptors (Lipinski definition) is 5. The minimum atomic E-state index is -7.90. The van der Waals surface area contributed by atoms with Crippen LogP contribution >= 0.6 is 0 Å². The summed E-state index contributed by atoms with van der Waals surface area (Å²) in [5, 5.41) is 0. The van der Waals surface area contributed by atoms with Gasteiger partial charge in [0, 0.05) is 0 Å². The van der Waals surface area contributed by atoms with Gasteiger partial charge >= 0.3 is 36.1 Å². The Morgan fingerprint density at radius 3 is 0.667 bits per heavy atom. The molecule has 0 saturated heterocycles. The van der Waals surface area contributed by atoms with Crippen molar-refractivity contribution in [1.82, 2.24) is 0 Å². The summed E-state index contributed by atoms with van der Waals surface area (Å²) in [7, 11) is 0. The zero-order valence-corrected chi connectivity index (χ0v) is 4.66. The molecule has 0 spiro atoms. The van der Waals surface area contributed by atoms with E-state index in [4.69, 9.17) is 5.81 Å². The summed E-state index contributed by atoms with van der Waals surface area (Å²) in [6.45, 7) is 0. The zero-order chi connectivity index (χ0) is 5.45. The van der Waals surface area contributed by atoms with E-state index in [-0.39, 0.29) is 0 Å². The van der Waals surface area contributed by atoms with Crippen LogP contribution in [0, 0.1) is 30.3 Å². The van der Waals surface area contributed by atoms with E-state index in [0.717, 1.165) is 0 Å². The summed E-state index contributed by atoms with van der Waals surface area (Å²) in [6, 6.07) is 0. The van der Waals surface area contributed by atoms with Gasteiger partial charge in [-0.25, -0.2) is 0 Å². The average Bonchev–Trinajstić information content (AvgIpc) is 0.650. The van der Waals surface area contributed by atoms with Gasteiger partial charge in [0.2, 0.25) is 0 Å². The first kappa shape index (κ1) is 6.32. The fourth-order valence-electron chi connectivity index (χ4n) is 0. The molecule has 0 saturated carbocycles. The van der Waals surface area contributed by atoms with Crippen LogP contribution in [0.15, 0.2) is 0 Å². The van der Waals surface area contributed by atoms with Crippen LogP contribution in [-0.2, 0) is 5.81 Å². The maximum atomic E-state index is 8.66. The van der Waals surface area contributed by atoms with Crippen molar-refractivity contribution in [1.29, 1.82) is 0 Å². The summed E-state index contributed by atoms with van der Waals surface area (Å²) in [4.78, 5) is 0. The Balaban J connectivity index is 7.45. The second kappa shape index (κ2) is 0.934. The normalized spacial score (nSPS) is 14.2. The predicted molar refractivity (Wildman–Crippen MR) is 3.43 cm³/mol. The minimum absolute atomic E-state index is 7.90. The van der Waals surface area contributed by atoms with Crippen LogP contribution < -0.4 is 0 Å². The summed E-state index contributed by atoms with van der Waals surface area (Å²) < 4.78 is 43.3. The molecule has 0 bridgehead atoms. The fraction of sp³-hybridized carbons (Fsp3) is 0. The molecule has 0 N–H and O–H groups in total. The Labute approximate surface area is 35.8 Å². The molecule has 0 radical (unpaired) electrons. The molecule has 0 amide bonds. The predicted octanol–water partition coefficient (Wildman–Crippen LogP) is -0.594. The molecule has 0 aromatic heterocycles. The molecule has 0 heterocycles. The molecule has 0 aliphatic carbocycles. The molecule has 0 aromatic carbocycles. The van der Waals surface area contributed by atoms with Gasteiger partial charge < -0.3 is 0 Å². The molecular weight excluding hydrogens is 237 g/mol. The van der Waals surface area contributed by atoms with Crippen molar-refractivity contribution in [2.45, 2.75) is 0 Å². The third-order valence-electron chi connectivity index (χ3n) is 0. The van der Waals surface area contributed by atoms with E-state index >= 15 is 0 Å². The van der Waals surface area contributed by atoms with Crippen molar-refractivity contribution in [3.05, 3.63) is 0 Å². The molecule has 0 aliphatic rings. The van der Waals surface area contributed by atoms with Gasteiger partial charge in [-0.15, -0.1) is 0 Å². The van der Waals surface area contributed by atoms with Gasteiger partial charge in [-0.1, -0.05) is 0 Å². The van der Waals surface area contributed by atoms with E-state index in [2.05, 4.69) is 0 Å². The summed E-state index contributed by atoms with van der Waals surface area (Å²) >= 11 is -7.90. The standard InChI is InChI=1S/Gd.5O. The first-order chi connectivity index (χ1) is 2.24. The van der Waals surface area contributed by atoms with E-state index in [9.17, 15) is 0 Å². The van der Waals surface area contributed by atoms with Gasteiger partial charge in [-0.05, 0) is 0 Å². The number of rotatable bonds is 0. The van der Waals surface area contributed by atoms with Gasteiger partial charge in [0.25, 0.3) is 0 Å². The molecule has 0 unspecified atom stereocenters. The molecule has 0 fully saturated rings. The quantitative estimate of drug-likeness (QED) is 0.562. The number of hydrogen-bond donors (Lipinski definition) is 0. The molecule has 5 nitrogen and oxygen atoms in total. The van der Waals surface area contributed by atoms with E-state index in [1.54, 1.807) is 0 Å². The molecule has 0 rings (SSSR count). The van der Waals surface area contributed by atoms with Crippen molar-refractivity contribution in [2.24, 2.45) is 0 Å². The molecule has 6 heteroatoms. The third-order valence-corrected chi connectivity index (χ3v) is 0. The van der Waals surface area contributed by atoms with Crippen molar-refractivity contribution in [2.75, 3.05) is 0 Å². The van der Waals surface area contributed by atoms with Crippen molar-refractivity contribution < 1.29 is 36.1 Å². The van der Waals surface area contributed by atoms with Crippen LogP contribution in [0.4, 0.5) is 0 Å². The van der Waals surface area contributed by atoms with Crippen molar-refractivity contribution in [3.63, 3.8) is 0 Å². The van der Waals surface area contributed by atoms with Gasteiger partial charge in [0.15, 0.2) is 0 Å². The topological polar surface area (TPSA) is 85.3 Å². The van der Waals surface area contributed by atoms with Gasteiger partial charge in [-0.2, -0.15) is 0 Å². The van der Waals surface area contributed by atoms with Crippen molar-refractivity contribution in [3.8, 4) is 0 Å². The van der Waals surface area contributed by atoms with Crippen LogP contribution in [0.3, 0.4) is 0 Å². The van der Waals surface area contributed by atoms with E-state index in [1.807, 2.05) is 0 Å². The fourth-order valence-corrected chi connectivity index (χ4v) is 0. The van der Waals surface area contributed by atoms with Crippen LogP contribution in [0.2, 0.25) is 0 Å². The van der Waals surface area contributed by atoms with E-state index in [1.165, 1.54) is 0 Å². The summed E-state index contributed by atoms with van der Waals surface area (Å²) in [6.07, 6.45) is 0. The second-order valence-electron chi connectivity index (χ2n) is 0.589. The molecule has 38 valence electrons. The SMILES string of the molecule is [O]=[Gd](=[O])(=[O])(=[O])=[O]. The van der Waals surface area contributed by atoms with Crippen LogP contribution in [-0.4, -0.2) is 0 Å². The van der Waals surface area contributed by atoms with Gasteiger partial charge in [0.05, 0.1) is 0 Å². The van der Waals surface area contributed by atoms with Crippen LogP contribution in [0.5, 0.6) is 0 Å². The molecule has 6 heavy (non-hydrogen) atoms. The monoisotopic (exact) mass is 238 g/mol. The maximum absolute atomic E-state index is 8.66. The van der Waals surface area contributed by atoms with Crippen LogP contribution in [0.25, 0.3) is 0 Å². The molecule has 0 aromatic rings. The van der Waals surface area contributed by atoms with E-state index < -0.39 is 30.3 Å². The Bertz CT molecular complexity index is 274. The third kappa shape index (κ3) is 453. The Morgan fingerprint density at radius 2 is 0.667 bits per heavy atom. The average molecular weight is 237 g/mol. The van der Waals surface area contributed by atoms with Gasteiger partial charge in [-0.3, -0.25) is 0 Å². The Kier molecular flexibility index (Phi) is 0.985. The first-order valence-electron chi connectivity index (χ1n) is 0.722. The summed E-state index contributed by atoms with van der Waals surface area (Å²) in [5.74, 6) is 0. The van der Waals surface area contributed by atoms with Crippen molar-refractivity contribution >= 4 is 0 Å². The van der Waals surface area contributed by atoms with Gasteiger partial charge in [0.1, 0.15) is 0 Å². The zero-order valence-electron chi connectivity index (χ0n) is 2.39. The summed E-state index contributed by atoms with van der Waals surface area (Å²) in [5.41, 5.74) is 0. The Hall–Kier alpha value is 0.325. The molecule has 0 aliphatic heterocycles. The molecular formula is GdO5.